The lowest BCUT2D eigenvalue weighted by Gasteiger charge is -2.15. The van der Waals surface area contributed by atoms with Crippen LogP contribution in [0, 0.1) is 0 Å². The van der Waals surface area contributed by atoms with Crippen molar-refractivity contribution in [2.75, 3.05) is 20.1 Å². The number of carbonyl (C=O) groups is 2. The Morgan fingerprint density at radius 2 is 2.29 bits per heavy atom. The van der Waals surface area contributed by atoms with E-state index in [1.165, 1.54) is 6.08 Å². The zero-order valence-corrected chi connectivity index (χ0v) is 8.25. The van der Waals surface area contributed by atoms with E-state index in [0.717, 1.165) is 6.42 Å². The van der Waals surface area contributed by atoms with Crippen LogP contribution in [0.15, 0.2) is 12.7 Å². The van der Waals surface area contributed by atoms with Crippen molar-refractivity contribution >= 4 is 11.9 Å². The Hall–Kier alpha value is -1.52. The van der Waals surface area contributed by atoms with E-state index in [1.54, 1.807) is 11.9 Å². The highest BCUT2D eigenvalue weighted by Crippen LogP contribution is 2.08. The van der Waals surface area contributed by atoms with Gasteiger partial charge in [-0.1, -0.05) is 6.58 Å². The molecule has 0 spiro atoms. The van der Waals surface area contributed by atoms with Crippen LogP contribution < -0.4 is 10.6 Å². The third kappa shape index (κ3) is 2.48. The minimum atomic E-state index is -0.186. The van der Waals surface area contributed by atoms with Crippen molar-refractivity contribution in [3.8, 4) is 0 Å². The first-order chi connectivity index (χ1) is 6.67. The van der Waals surface area contributed by atoms with Gasteiger partial charge in [-0.3, -0.25) is 4.79 Å². The van der Waals surface area contributed by atoms with E-state index >= 15 is 0 Å². The van der Waals surface area contributed by atoms with E-state index in [2.05, 4.69) is 17.2 Å². The van der Waals surface area contributed by atoms with Gasteiger partial charge in [0.15, 0.2) is 0 Å². The second kappa shape index (κ2) is 4.64. The monoisotopic (exact) mass is 197 g/mol. The molecule has 0 aliphatic carbocycles. The molecule has 5 nitrogen and oxygen atoms in total. The summed E-state index contributed by atoms with van der Waals surface area (Å²) in [6, 6.07) is -0.0434. The molecular weight excluding hydrogens is 182 g/mol. The number of nitrogens with one attached hydrogen (secondary N) is 2. The van der Waals surface area contributed by atoms with Crippen LogP contribution in [0.5, 0.6) is 0 Å². The summed E-state index contributed by atoms with van der Waals surface area (Å²) in [5.74, 6) is -0.186. The molecule has 1 fully saturated rings. The number of urea groups is 1. The van der Waals surface area contributed by atoms with Crippen LogP contribution in [-0.4, -0.2) is 43.0 Å². The number of amides is 3. The first-order valence-electron chi connectivity index (χ1n) is 4.57. The van der Waals surface area contributed by atoms with Gasteiger partial charge >= 0.3 is 6.03 Å². The van der Waals surface area contributed by atoms with Crippen molar-refractivity contribution in [1.29, 1.82) is 0 Å². The highest BCUT2D eigenvalue weighted by atomic mass is 16.2. The molecule has 1 atom stereocenters. The lowest BCUT2D eigenvalue weighted by atomic mass is 10.2. The average Bonchev–Trinajstić information content (AvgIpc) is 2.65. The number of carbonyl (C=O) groups excluding carboxylic acids is 2. The standard InChI is InChI=1S/C9H15N3O2/c1-3-8(13)11-7-4-5-12(6-7)9(14)10-2/h3,7H,1,4-6H2,2H3,(H,10,14)(H,11,13)/t7-/m1/s1. The second-order valence-corrected chi connectivity index (χ2v) is 3.20. The Balaban J connectivity index is 2.37. The van der Waals surface area contributed by atoms with E-state index < -0.39 is 0 Å². The minimum Gasteiger partial charge on any atom is -0.348 e. The second-order valence-electron chi connectivity index (χ2n) is 3.20. The molecule has 1 heterocycles. The zero-order valence-electron chi connectivity index (χ0n) is 8.25. The van der Waals surface area contributed by atoms with Crippen LogP contribution in [0.1, 0.15) is 6.42 Å². The van der Waals surface area contributed by atoms with Gasteiger partial charge in [0.05, 0.1) is 0 Å². The van der Waals surface area contributed by atoms with Crippen molar-refractivity contribution in [1.82, 2.24) is 15.5 Å². The molecule has 0 bridgehead atoms. The molecular formula is C9H15N3O2. The third-order valence-corrected chi connectivity index (χ3v) is 2.22. The first-order valence-corrected chi connectivity index (χ1v) is 4.57. The molecule has 2 N–H and O–H groups in total. The van der Waals surface area contributed by atoms with Crippen LogP contribution in [0.25, 0.3) is 0 Å². The van der Waals surface area contributed by atoms with Crippen LogP contribution in [0.4, 0.5) is 4.79 Å². The number of hydrogen-bond acceptors (Lipinski definition) is 2. The summed E-state index contributed by atoms with van der Waals surface area (Å²) >= 11 is 0. The quantitative estimate of drug-likeness (QED) is 0.597. The Bertz CT molecular complexity index is 252. The molecule has 1 aliphatic heterocycles. The summed E-state index contributed by atoms with van der Waals surface area (Å²) in [5.41, 5.74) is 0. The van der Waals surface area contributed by atoms with E-state index in [9.17, 15) is 9.59 Å². The van der Waals surface area contributed by atoms with Gasteiger partial charge in [-0.2, -0.15) is 0 Å². The zero-order chi connectivity index (χ0) is 10.6. The van der Waals surface area contributed by atoms with Gasteiger partial charge in [0.1, 0.15) is 0 Å². The summed E-state index contributed by atoms with van der Waals surface area (Å²) in [7, 11) is 1.60. The smallest absolute Gasteiger partial charge is 0.317 e. The van der Waals surface area contributed by atoms with Gasteiger partial charge in [0.2, 0.25) is 5.91 Å². The number of likely N-dealkylation sites (tertiary alicyclic amines) is 1. The maximum Gasteiger partial charge on any atom is 0.317 e. The average molecular weight is 197 g/mol. The minimum absolute atomic E-state index is 0.0535. The van der Waals surface area contributed by atoms with E-state index in [1.807, 2.05) is 0 Å². The predicted octanol–water partition coefficient (Wildman–Crippen LogP) is -0.298. The fourth-order valence-electron chi connectivity index (χ4n) is 1.48. The summed E-state index contributed by atoms with van der Waals surface area (Å²) in [4.78, 5) is 23.8. The third-order valence-electron chi connectivity index (χ3n) is 2.22. The fraction of sp³-hybridized carbons (Fsp3) is 0.556. The topological polar surface area (TPSA) is 61.4 Å². The van der Waals surface area contributed by atoms with Crippen molar-refractivity contribution in [3.05, 3.63) is 12.7 Å². The molecule has 1 rings (SSSR count). The molecule has 3 amide bonds. The Kier molecular flexibility index (Phi) is 3.50. The van der Waals surface area contributed by atoms with Gasteiger partial charge in [0, 0.05) is 26.2 Å². The Morgan fingerprint density at radius 1 is 1.57 bits per heavy atom. The van der Waals surface area contributed by atoms with Crippen LogP contribution in [0.2, 0.25) is 0 Å². The lowest BCUT2D eigenvalue weighted by Crippen LogP contribution is -2.40. The van der Waals surface area contributed by atoms with Crippen LogP contribution >= 0.6 is 0 Å². The Morgan fingerprint density at radius 3 is 2.86 bits per heavy atom. The van der Waals surface area contributed by atoms with Crippen molar-refractivity contribution in [2.45, 2.75) is 12.5 Å². The molecule has 14 heavy (non-hydrogen) atoms. The number of rotatable bonds is 2. The molecule has 78 valence electrons. The summed E-state index contributed by atoms with van der Waals surface area (Å²) in [5, 5.41) is 5.31. The lowest BCUT2D eigenvalue weighted by molar-refractivity contribution is -0.117. The summed E-state index contributed by atoms with van der Waals surface area (Å²) in [6.45, 7) is 4.62. The molecule has 0 aromatic carbocycles. The van der Waals surface area contributed by atoms with E-state index in [0.29, 0.717) is 13.1 Å². The number of hydrogen-bond donors (Lipinski definition) is 2. The highest BCUT2D eigenvalue weighted by Gasteiger charge is 2.25. The van der Waals surface area contributed by atoms with Crippen LogP contribution in [-0.2, 0) is 4.79 Å². The first kappa shape index (κ1) is 10.6. The molecule has 0 saturated carbocycles. The number of nitrogens with zero attached hydrogens (tertiary/aromatic N) is 1. The van der Waals surface area contributed by atoms with Crippen molar-refractivity contribution in [3.63, 3.8) is 0 Å². The molecule has 5 heteroatoms. The summed E-state index contributed by atoms with van der Waals surface area (Å²) < 4.78 is 0. The van der Waals surface area contributed by atoms with Gasteiger partial charge < -0.3 is 15.5 Å². The Labute approximate surface area is 83.1 Å². The molecule has 1 aliphatic rings. The fourth-order valence-corrected chi connectivity index (χ4v) is 1.48. The normalized spacial score (nSPS) is 20.4. The largest absolute Gasteiger partial charge is 0.348 e. The van der Waals surface area contributed by atoms with E-state index in [-0.39, 0.29) is 18.0 Å². The molecule has 0 radical (unpaired) electrons. The maximum atomic E-state index is 11.2. The van der Waals surface area contributed by atoms with Gasteiger partial charge in [0.25, 0.3) is 0 Å². The van der Waals surface area contributed by atoms with Crippen molar-refractivity contribution < 1.29 is 9.59 Å². The van der Waals surface area contributed by atoms with Crippen molar-refractivity contribution in [2.24, 2.45) is 0 Å². The SMILES string of the molecule is C=CC(=O)N[C@@H]1CCN(C(=O)NC)C1. The molecule has 0 unspecified atom stereocenters. The molecule has 0 aromatic rings. The van der Waals surface area contributed by atoms with Crippen LogP contribution in [0.3, 0.4) is 0 Å². The van der Waals surface area contributed by atoms with Gasteiger partial charge in [-0.15, -0.1) is 0 Å². The van der Waals surface area contributed by atoms with Gasteiger partial charge in [-0.05, 0) is 12.5 Å². The van der Waals surface area contributed by atoms with E-state index in [4.69, 9.17) is 0 Å². The van der Waals surface area contributed by atoms with Gasteiger partial charge in [-0.25, -0.2) is 4.79 Å². The summed E-state index contributed by atoms with van der Waals surface area (Å²) in [6.07, 6.45) is 2.04. The predicted molar refractivity (Wildman–Crippen MR) is 52.8 cm³/mol. The molecule has 0 aromatic heterocycles. The highest BCUT2D eigenvalue weighted by molar-refractivity contribution is 5.87. The maximum absolute atomic E-state index is 11.2. The molecule has 1 saturated heterocycles.